The first kappa shape index (κ1) is 22.9. The SMILES string of the molecule is Cc1ccc(NC(=O)COC(=O)CCNS(=O)(=O)c2ccc(F)c(F)c2)c(Br)c1. The maximum absolute atomic E-state index is 13.2. The van der Waals surface area contributed by atoms with Crippen LogP contribution < -0.4 is 10.0 Å². The molecule has 0 fully saturated rings. The van der Waals surface area contributed by atoms with Crippen LogP contribution in [0, 0.1) is 18.6 Å². The zero-order valence-electron chi connectivity index (χ0n) is 15.2. The second-order valence-corrected chi connectivity index (χ2v) is 8.54. The average molecular weight is 491 g/mol. The van der Waals surface area contributed by atoms with E-state index in [4.69, 9.17) is 4.74 Å². The summed E-state index contributed by atoms with van der Waals surface area (Å²) in [5, 5.41) is 2.56. The molecule has 11 heteroatoms. The molecule has 0 saturated heterocycles. The molecule has 0 aliphatic heterocycles. The van der Waals surface area contributed by atoms with Gasteiger partial charge in [-0.3, -0.25) is 9.59 Å². The van der Waals surface area contributed by atoms with E-state index in [9.17, 15) is 26.8 Å². The summed E-state index contributed by atoms with van der Waals surface area (Å²) >= 11 is 3.30. The lowest BCUT2D eigenvalue weighted by Crippen LogP contribution is -2.28. The molecule has 0 unspecified atom stereocenters. The van der Waals surface area contributed by atoms with Crippen molar-refractivity contribution in [1.82, 2.24) is 4.72 Å². The fourth-order valence-corrected chi connectivity index (χ4v) is 3.78. The van der Waals surface area contributed by atoms with Gasteiger partial charge in [-0.15, -0.1) is 0 Å². The second kappa shape index (κ2) is 9.90. The minimum absolute atomic E-state index is 0.342. The Morgan fingerprint density at radius 3 is 2.48 bits per heavy atom. The van der Waals surface area contributed by atoms with Crippen LogP contribution in [0.4, 0.5) is 14.5 Å². The van der Waals surface area contributed by atoms with E-state index in [0.717, 1.165) is 11.6 Å². The van der Waals surface area contributed by atoms with Gasteiger partial charge in [-0.25, -0.2) is 21.9 Å². The molecule has 1 amide bonds. The number of amides is 1. The van der Waals surface area contributed by atoms with Crippen molar-refractivity contribution in [3.63, 3.8) is 0 Å². The predicted molar refractivity (Wildman–Crippen MR) is 105 cm³/mol. The van der Waals surface area contributed by atoms with E-state index in [1.54, 1.807) is 18.2 Å². The molecule has 156 valence electrons. The van der Waals surface area contributed by atoms with Crippen molar-refractivity contribution in [3.05, 3.63) is 58.1 Å². The highest BCUT2D eigenvalue weighted by Crippen LogP contribution is 2.23. The van der Waals surface area contributed by atoms with Crippen LogP contribution in [0.25, 0.3) is 0 Å². The number of benzene rings is 2. The summed E-state index contributed by atoms with van der Waals surface area (Å²) in [6.45, 7) is 0.999. The third-order valence-corrected chi connectivity index (χ3v) is 5.70. The Morgan fingerprint density at radius 2 is 1.83 bits per heavy atom. The average Bonchev–Trinajstić information content (AvgIpc) is 2.64. The maximum Gasteiger partial charge on any atom is 0.307 e. The van der Waals surface area contributed by atoms with E-state index < -0.39 is 45.0 Å². The second-order valence-electron chi connectivity index (χ2n) is 5.92. The first-order chi connectivity index (χ1) is 13.6. The van der Waals surface area contributed by atoms with Gasteiger partial charge < -0.3 is 10.1 Å². The molecule has 7 nitrogen and oxygen atoms in total. The molecule has 0 saturated carbocycles. The monoisotopic (exact) mass is 490 g/mol. The number of carbonyl (C=O) groups excluding carboxylic acids is 2. The van der Waals surface area contributed by atoms with Crippen LogP contribution in [0.5, 0.6) is 0 Å². The number of anilines is 1. The first-order valence-corrected chi connectivity index (χ1v) is 10.5. The zero-order chi connectivity index (χ0) is 21.6. The van der Waals surface area contributed by atoms with Crippen molar-refractivity contribution < 1.29 is 31.5 Å². The van der Waals surface area contributed by atoms with Gasteiger partial charge in [0, 0.05) is 11.0 Å². The molecular formula is C18H17BrF2N2O5S. The molecule has 2 rings (SSSR count). The van der Waals surface area contributed by atoms with E-state index >= 15 is 0 Å². The van der Waals surface area contributed by atoms with Gasteiger partial charge in [0.25, 0.3) is 5.91 Å². The normalized spacial score (nSPS) is 11.2. The molecule has 0 bridgehead atoms. The topological polar surface area (TPSA) is 102 Å². The van der Waals surface area contributed by atoms with Crippen molar-refractivity contribution in [2.75, 3.05) is 18.5 Å². The van der Waals surface area contributed by atoms with Crippen LogP contribution in [0.3, 0.4) is 0 Å². The maximum atomic E-state index is 13.2. The highest BCUT2D eigenvalue weighted by Gasteiger charge is 2.17. The van der Waals surface area contributed by atoms with Crippen LogP contribution in [0.2, 0.25) is 0 Å². The predicted octanol–water partition coefficient (Wildman–Crippen LogP) is 2.89. The number of halogens is 3. The summed E-state index contributed by atoms with van der Waals surface area (Å²) in [5.41, 5.74) is 1.50. The summed E-state index contributed by atoms with van der Waals surface area (Å²) in [6, 6.07) is 7.40. The van der Waals surface area contributed by atoms with Gasteiger partial charge in [0.1, 0.15) is 0 Å². The minimum atomic E-state index is -4.12. The molecule has 29 heavy (non-hydrogen) atoms. The van der Waals surface area contributed by atoms with Crippen LogP contribution in [-0.2, 0) is 24.3 Å². The summed E-state index contributed by atoms with van der Waals surface area (Å²) in [5.74, 6) is -3.86. The first-order valence-electron chi connectivity index (χ1n) is 8.25. The third kappa shape index (κ3) is 6.87. The summed E-state index contributed by atoms with van der Waals surface area (Å²) in [6.07, 6.45) is -0.357. The van der Waals surface area contributed by atoms with Crippen LogP contribution >= 0.6 is 15.9 Å². The lowest BCUT2D eigenvalue weighted by Gasteiger charge is -2.09. The van der Waals surface area contributed by atoms with Gasteiger partial charge in [-0.05, 0) is 58.7 Å². The smallest absolute Gasteiger partial charge is 0.307 e. The van der Waals surface area contributed by atoms with Gasteiger partial charge in [0.15, 0.2) is 18.2 Å². The fraction of sp³-hybridized carbons (Fsp3) is 0.222. The van der Waals surface area contributed by atoms with Crippen molar-refractivity contribution in [2.45, 2.75) is 18.2 Å². The van der Waals surface area contributed by atoms with Crippen molar-refractivity contribution >= 4 is 43.5 Å². The van der Waals surface area contributed by atoms with E-state index in [1.807, 2.05) is 6.92 Å². The quantitative estimate of drug-likeness (QED) is 0.554. The number of ether oxygens (including phenoxy) is 1. The number of hydrogen-bond donors (Lipinski definition) is 2. The van der Waals surface area contributed by atoms with Crippen LogP contribution in [-0.4, -0.2) is 33.4 Å². The number of carbonyl (C=O) groups is 2. The van der Waals surface area contributed by atoms with Gasteiger partial charge in [0.2, 0.25) is 10.0 Å². The summed E-state index contributed by atoms with van der Waals surface area (Å²) in [4.78, 5) is 23.0. The lowest BCUT2D eigenvalue weighted by molar-refractivity contribution is -0.147. The van der Waals surface area contributed by atoms with Gasteiger partial charge in [0.05, 0.1) is 17.0 Å². The highest BCUT2D eigenvalue weighted by molar-refractivity contribution is 9.10. The highest BCUT2D eigenvalue weighted by atomic mass is 79.9. The molecule has 0 heterocycles. The molecule has 0 atom stereocenters. The Bertz CT molecular complexity index is 1030. The number of sulfonamides is 1. The molecule has 0 aliphatic rings. The molecular weight excluding hydrogens is 474 g/mol. The molecule has 2 N–H and O–H groups in total. The number of esters is 1. The molecule has 0 spiro atoms. The van der Waals surface area contributed by atoms with Crippen molar-refractivity contribution in [1.29, 1.82) is 0 Å². The Kier molecular flexibility index (Phi) is 7.82. The minimum Gasteiger partial charge on any atom is -0.456 e. The number of rotatable bonds is 8. The Labute approximate surface area is 174 Å². The van der Waals surface area contributed by atoms with Crippen LogP contribution in [0.15, 0.2) is 45.8 Å². The number of aryl methyl sites for hydroxylation is 1. The zero-order valence-corrected chi connectivity index (χ0v) is 17.6. The lowest BCUT2D eigenvalue weighted by atomic mass is 10.2. The standard InChI is InChI=1S/C18H17BrF2N2O5S/c1-11-2-5-16(13(19)8-11)23-17(24)10-28-18(25)6-7-22-29(26,27)12-3-4-14(20)15(21)9-12/h2-5,8-9,22H,6-7,10H2,1H3,(H,23,24). The van der Waals surface area contributed by atoms with Crippen molar-refractivity contribution in [3.8, 4) is 0 Å². The molecule has 0 aliphatic carbocycles. The van der Waals surface area contributed by atoms with Gasteiger partial charge in [-0.2, -0.15) is 0 Å². The Hall–Kier alpha value is -2.37. The van der Waals surface area contributed by atoms with E-state index in [2.05, 4.69) is 26.0 Å². The van der Waals surface area contributed by atoms with Gasteiger partial charge in [-0.1, -0.05) is 6.07 Å². The van der Waals surface area contributed by atoms with E-state index in [1.165, 1.54) is 0 Å². The van der Waals surface area contributed by atoms with Crippen LogP contribution in [0.1, 0.15) is 12.0 Å². The third-order valence-electron chi connectivity index (χ3n) is 3.59. The van der Waals surface area contributed by atoms with Crippen molar-refractivity contribution in [2.24, 2.45) is 0 Å². The van der Waals surface area contributed by atoms with E-state index in [-0.39, 0.29) is 13.0 Å². The number of hydrogen-bond acceptors (Lipinski definition) is 5. The fourth-order valence-electron chi connectivity index (χ4n) is 2.14. The van der Waals surface area contributed by atoms with Gasteiger partial charge >= 0.3 is 5.97 Å². The Balaban J connectivity index is 1.77. The molecule has 2 aromatic rings. The van der Waals surface area contributed by atoms with E-state index in [0.29, 0.717) is 22.3 Å². The molecule has 2 aromatic carbocycles. The summed E-state index contributed by atoms with van der Waals surface area (Å²) < 4.78 is 57.5. The summed E-state index contributed by atoms with van der Waals surface area (Å²) in [7, 11) is -4.12. The largest absolute Gasteiger partial charge is 0.456 e. The molecule has 0 aromatic heterocycles. The molecule has 0 radical (unpaired) electrons. The Morgan fingerprint density at radius 1 is 1.10 bits per heavy atom. The number of nitrogens with one attached hydrogen (secondary N) is 2.